The van der Waals surface area contributed by atoms with Crippen LogP contribution in [0, 0.1) is 0 Å². The SMILES string of the molecule is CCn1c(SCCC(=O)Nc2ccc(N3CCCC3=O)cc2)nnc1-c1ccc(Cl)cc1. The van der Waals surface area contributed by atoms with Gasteiger partial charge in [0.2, 0.25) is 11.8 Å². The molecule has 32 heavy (non-hydrogen) atoms. The van der Waals surface area contributed by atoms with Crippen molar-refractivity contribution in [3.63, 3.8) is 0 Å². The molecule has 0 saturated carbocycles. The lowest BCUT2D eigenvalue weighted by atomic mass is 10.2. The molecule has 7 nitrogen and oxygen atoms in total. The second-order valence-corrected chi connectivity index (χ2v) is 8.90. The Morgan fingerprint density at radius 1 is 1.12 bits per heavy atom. The van der Waals surface area contributed by atoms with E-state index in [9.17, 15) is 9.59 Å². The number of amides is 2. The molecule has 1 aromatic heterocycles. The summed E-state index contributed by atoms with van der Waals surface area (Å²) in [6.07, 6.45) is 1.84. The van der Waals surface area contributed by atoms with Crippen LogP contribution in [-0.4, -0.2) is 38.9 Å². The van der Waals surface area contributed by atoms with Crippen molar-refractivity contribution in [1.29, 1.82) is 0 Å². The van der Waals surface area contributed by atoms with Gasteiger partial charge in [-0.1, -0.05) is 23.4 Å². The van der Waals surface area contributed by atoms with E-state index in [1.165, 1.54) is 11.8 Å². The number of halogens is 1. The molecule has 0 unspecified atom stereocenters. The van der Waals surface area contributed by atoms with Crippen molar-refractivity contribution in [2.75, 3.05) is 22.5 Å². The number of nitrogens with one attached hydrogen (secondary N) is 1. The van der Waals surface area contributed by atoms with Crippen molar-refractivity contribution < 1.29 is 9.59 Å². The van der Waals surface area contributed by atoms with Crippen LogP contribution in [-0.2, 0) is 16.1 Å². The molecule has 2 amide bonds. The van der Waals surface area contributed by atoms with Crippen molar-refractivity contribution in [1.82, 2.24) is 14.8 Å². The van der Waals surface area contributed by atoms with E-state index >= 15 is 0 Å². The third-order valence-corrected chi connectivity index (χ3v) is 6.45. The van der Waals surface area contributed by atoms with Crippen LogP contribution in [0.1, 0.15) is 26.2 Å². The normalized spacial score (nSPS) is 13.6. The van der Waals surface area contributed by atoms with Crippen LogP contribution in [0.2, 0.25) is 5.02 Å². The zero-order valence-corrected chi connectivity index (χ0v) is 19.3. The Balaban J connectivity index is 1.30. The molecule has 4 rings (SSSR count). The summed E-state index contributed by atoms with van der Waals surface area (Å²) in [6, 6.07) is 14.9. The van der Waals surface area contributed by atoms with Gasteiger partial charge in [0.1, 0.15) is 0 Å². The maximum absolute atomic E-state index is 12.4. The minimum absolute atomic E-state index is 0.0667. The summed E-state index contributed by atoms with van der Waals surface area (Å²) in [5.74, 6) is 1.46. The topological polar surface area (TPSA) is 80.1 Å². The molecular formula is C23H24ClN5O2S. The molecule has 0 aliphatic carbocycles. The van der Waals surface area contributed by atoms with Gasteiger partial charge in [-0.15, -0.1) is 10.2 Å². The van der Waals surface area contributed by atoms with E-state index in [0.29, 0.717) is 23.6 Å². The monoisotopic (exact) mass is 469 g/mol. The first kappa shape index (κ1) is 22.4. The van der Waals surface area contributed by atoms with E-state index < -0.39 is 0 Å². The summed E-state index contributed by atoms with van der Waals surface area (Å²) in [5.41, 5.74) is 2.54. The predicted octanol–water partition coefficient (Wildman–Crippen LogP) is 4.87. The average Bonchev–Trinajstić information content (AvgIpc) is 3.41. The Morgan fingerprint density at radius 2 is 1.88 bits per heavy atom. The van der Waals surface area contributed by atoms with Crippen LogP contribution in [0.15, 0.2) is 53.7 Å². The molecule has 2 heterocycles. The molecule has 1 saturated heterocycles. The van der Waals surface area contributed by atoms with Crippen LogP contribution >= 0.6 is 23.4 Å². The van der Waals surface area contributed by atoms with Crippen molar-refractivity contribution in [3.8, 4) is 11.4 Å². The highest BCUT2D eigenvalue weighted by Crippen LogP contribution is 2.26. The first-order valence-electron chi connectivity index (χ1n) is 10.6. The second-order valence-electron chi connectivity index (χ2n) is 7.40. The predicted molar refractivity (Wildman–Crippen MR) is 128 cm³/mol. The fourth-order valence-corrected chi connectivity index (χ4v) is 4.66. The fourth-order valence-electron chi connectivity index (χ4n) is 3.60. The molecule has 0 radical (unpaired) electrons. The van der Waals surface area contributed by atoms with Crippen LogP contribution in [0.25, 0.3) is 11.4 Å². The lowest BCUT2D eigenvalue weighted by Gasteiger charge is -2.16. The minimum atomic E-state index is -0.0667. The summed E-state index contributed by atoms with van der Waals surface area (Å²) < 4.78 is 2.03. The molecule has 0 bridgehead atoms. The molecule has 1 fully saturated rings. The van der Waals surface area contributed by atoms with Crippen molar-refractivity contribution >= 4 is 46.6 Å². The van der Waals surface area contributed by atoms with Crippen LogP contribution in [0.4, 0.5) is 11.4 Å². The van der Waals surface area contributed by atoms with Gasteiger partial charge in [0.15, 0.2) is 11.0 Å². The molecule has 0 atom stereocenters. The Morgan fingerprint density at radius 3 is 2.53 bits per heavy atom. The van der Waals surface area contributed by atoms with Gasteiger partial charge in [-0.05, 0) is 61.9 Å². The summed E-state index contributed by atoms with van der Waals surface area (Å²) in [4.78, 5) is 26.0. The maximum atomic E-state index is 12.4. The zero-order valence-electron chi connectivity index (χ0n) is 17.8. The number of carbonyl (C=O) groups excluding carboxylic acids is 2. The number of hydrogen-bond acceptors (Lipinski definition) is 5. The highest BCUT2D eigenvalue weighted by atomic mass is 35.5. The molecular weight excluding hydrogens is 446 g/mol. The molecule has 1 aliphatic heterocycles. The van der Waals surface area contributed by atoms with Gasteiger partial charge in [-0.3, -0.25) is 9.59 Å². The zero-order chi connectivity index (χ0) is 22.5. The number of hydrogen-bond donors (Lipinski definition) is 1. The Kier molecular flexibility index (Phi) is 7.12. The van der Waals surface area contributed by atoms with Gasteiger partial charge in [0.25, 0.3) is 0 Å². The lowest BCUT2D eigenvalue weighted by molar-refractivity contribution is -0.117. The third kappa shape index (κ3) is 5.14. The van der Waals surface area contributed by atoms with Gasteiger partial charge in [-0.2, -0.15) is 0 Å². The van der Waals surface area contributed by atoms with E-state index in [0.717, 1.165) is 47.4 Å². The number of thioether (sulfide) groups is 1. The fraction of sp³-hybridized carbons (Fsp3) is 0.304. The van der Waals surface area contributed by atoms with Gasteiger partial charge < -0.3 is 14.8 Å². The molecule has 1 aliphatic rings. The molecule has 0 spiro atoms. The highest BCUT2D eigenvalue weighted by molar-refractivity contribution is 7.99. The Labute approximate surface area is 196 Å². The van der Waals surface area contributed by atoms with Crippen LogP contribution in [0.5, 0.6) is 0 Å². The number of rotatable bonds is 8. The summed E-state index contributed by atoms with van der Waals surface area (Å²) >= 11 is 7.48. The third-order valence-electron chi connectivity index (χ3n) is 5.23. The summed E-state index contributed by atoms with van der Waals surface area (Å²) in [5, 5.41) is 13.0. The van der Waals surface area contributed by atoms with Crippen LogP contribution in [0.3, 0.4) is 0 Å². The highest BCUT2D eigenvalue weighted by Gasteiger charge is 2.21. The Bertz CT molecular complexity index is 1100. The second kappa shape index (κ2) is 10.2. The standard InChI is InChI=1S/C23H24ClN5O2S/c1-2-28-22(16-5-7-17(24)8-6-16)26-27-23(28)32-15-13-20(30)25-18-9-11-19(12-10-18)29-14-3-4-21(29)31/h5-12H,2-4,13-15H2,1H3,(H,25,30). The van der Waals surface area contributed by atoms with E-state index in [-0.39, 0.29) is 11.8 Å². The van der Waals surface area contributed by atoms with Crippen molar-refractivity contribution in [2.24, 2.45) is 0 Å². The van der Waals surface area contributed by atoms with Gasteiger partial charge in [0, 0.05) is 53.6 Å². The summed E-state index contributed by atoms with van der Waals surface area (Å²) in [7, 11) is 0. The van der Waals surface area contributed by atoms with E-state index in [2.05, 4.69) is 15.5 Å². The van der Waals surface area contributed by atoms with Crippen LogP contribution < -0.4 is 10.2 Å². The van der Waals surface area contributed by atoms with E-state index in [1.807, 2.05) is 60.0 Å². The molecule has 3 aromatic rings. The number of carbonyl (C=O) groups is 2. The number of anilines is 2. The van der Waals surface area contributed by atoms with E-state index in [1.54, 1.807) is 4.90 Å². The molecule has 166 valence electrons. The smallest absolute Gasteiger partial charge is 0.227 e. The van der Waals surface area contributed by atoms with Gasteiger partial charge in [-0.25, -0.2) is 0 Å². The molecule has 1 N–H and O–H groups in total. The average molecular weight is 470 g/mol. The Hall–Kier alpha value is -2.84. The largest absolute Gasteiger partial charge is 0.326 e. The maximum Gasteiger partial charge on any atom is 0.227 e. The van der Waals surface area contributed by atoms with Crippen molar-refractivity contribution in [3.05, 3.63) is 53.6 Å². The molecule has 2 aromatic carbocycles. The van der Waals surface area contributed by atoms with Gasteiger partial charge in [0.05, 0.1) is 0 Å². The van der Waals surface area contributed by atoms with E-state index in [4.69, 9.17) is 11.6 Å². The lowest BCUT2D eigenvalue weighted by Crippen LogP contribution is -2.23. The first-order chi connectivity index (χ1) is 15.5. The minimum Gasteiger partial charge on any atom is -0.326 e. The summed E-state index contributed by atoms with van der Waals surface area (Å²) in [6.45, 7) is 3.52. The number of benzene rings is 2. The molecule has 9 heteroatoms. The van der Waals surface area contributed by atoms with Crippen molar-refractivity contribution in [2.45, 2.75) is 37.9 Å². The number of nitrogens with zero attached hydrogens (tertiary/aromatic N) is 4. The quantitative estimate of drug-likeness (QED) is 0.476. The first-order valence-corrected chi connectivity index (χ1v) is 11.9. The number of aromatic nitrogens is 3. The van der Waals surface area contributed by atoms with Gasteiger partial charge >= 0.3 is 0 Å².